The Morgan fingerprint density at radius 3 is 2.77 bits per heavy atom. The van der Waals surface area contributed by atoms with Gasteiger partial charge in [0.25, 0.3) is 0 Å². The molecule has 0 saturated carbocycles. The predicted octanol–water partition coefficient (Wildman–Crippen LogP) is 1.23. The van der Waals surface area contributed by atoms with Crippen LogP contribution in [0, 0.1) is 0 Å². The van der Waals surface area contributed by atoms with Gasteiger partial charge >= 0.3 is 6.18 Å². The first-order valence-electron chi connectivity index (χ1n) is 9.90. The quantitative estimate of drug-likeness (QED) is 0.509. The molecule has 0 aromatic heterocycles. The molecule has 2 saturated heterocycles. The van der Waals surface area contributed by atoms with E-state index in [0.29, 0.717) is 19.6 Å². The van der Waals surface area contributed by atoms with Gasteiger partial charge in [0.05, 0.1) is 36.9 Å². The zero-order valence-corrected chi connectivity index (χ0v) is 16.7. The van der Waals surface area contributed by atoms with Crippen molar-refractivity contribution in [1.82, 2.24) is 10.6 Å². The van der Waals surface area contributed by atoms with E-state index in [1.807, 2.05) is 0 Å². The number of methoxy groups -OCH3 is 1. The van der Waals surface area contributed by atoms with Gasteiger partial charge in [0.15, 0.2) is 0 Å². The van der Waals surface area contributed by atoms with E-state index in [1.54, 1.807) is 13.2 Å². The van der Waals surface area contributed by atoms with Crippen LogP contribution in [0.15, 0.2) is 24.3 Å². The molecular weight excluding hydrogens is 405 g/mol. The van der Waals surface area contributed by atoms with Gasteiger partial charge in [-0.05, 0) is 11.6 Å². The maximum absolute atomic E-state index is 13.1. The standard InChI is InChI=1S/C20H27F3N2O5/c1-28-7-6-25-17(26)9-13-8-15-19(29-13)18(27)16(30-15)11-24-10-12-4-2-3-5-14(12)20(21,22)23/h2-5,13,15-16,18-19,24,27H,6-11H2,1H3,(H,25,26)/t13-,15+,16+,18+,19-/m0/s1. The number of aliphatic hydroxyl groups excluding tert-OH is 1. The van der Waals surface area contributed by atoms with Crippen LogP contribution in [0.1, 0.15) is 24.0 Å². The number of fused-ring (bicyclic) bond motifs is 1. The zero-order chi connectivity index (χ0) is 21.7. The molecule has 3 N–H and O–H groups in total. The fourth-order valence-electron chi connectivity index (χ4n) is 3.88. The van der Waals surface area contributed by atoms with Gasteiger partial charge in [-0.15, -0.1) is 0 Å². The van der Waals surface area contributed by atoms with E-state index >= 15 is 0 Å². The second-order valence-electron chi connectivity index (χ2n) is 7.49. The normalized spacial score (nSPS) is 28.5. The van der Waals surface area contributed by atoms with E-state index in [-0.39, 0.29) is 43.2 Å². The summed E-state index contributed by atoms with van der Waals surface area (Å²) in [5.41, 5.74) is -0.550. The first kappa shape index (κ1) is 23.0. The first-order valence-corrected chi connectivity index (χ1v) is 9.90. The number of hydrogen-bond donors (Lipinski definition) is 3. The van der Waals surface area contributed by atoms with Crippen LogP contribution in [-0.4, -0.2) is 68.3 Å². The lowest BCUT2D eigenvalue weighted by molar-refractivity contribution is -0.138. The number of benzene rings is 1. The molecule has 3 rings (SSSR count). The van der Waals surface area contributed by atoms with Crippen molar-refractivity contribution in [3.05, 3.63) is 35.4 Å². The van der Waals surface area contributed by atoms with Crippen molar-refractivity contribution < 1.29 is 37.3 Å². The van der Waals surface area contributed by atoms with Crippen LogP contribution in [0.25, 0.3) is 0 Å². The summed E-state index contributed by atoms with van der Waals surface area (Å²) in [6.07, 6.45) is -6.50. The van der Waals surface area contributed by atoms with E-state index in [0.717, 1.165) is 6.07 Å². The van der Waals surface area contributed by atoms with Crippen molar-refractivity contribution in [3.8, 4) is 0 Å². The molecule has 0 aliphatic carbocycles. The molecule has 0 unspecified atom stereocenters. The summed E-state index contributed by atoms with van der Waals surface area (Å²) in [7, 11) is 1.55. The molecule has 0 spiro atoms. The Balaban J connectivity index is 1.44. The van der Waals surface area contributed by atoms with Crippen molar-refractivity contribution in [2.75, 3.05) is 26.8 Å². The lowest BCUT2D eigenvalue weighted by Gasteiger charge is -2.20. The van der Waals surface area contributed by atoms with E-state index in [1.165, 1.54) is 12.1 Å². The number of carbonyl (C=O) groups excluding carboxylic acids is 1. The number of rotatable bonds is 9. The smallest absolute Gasteiger partial charge is 0.388 e. The minimum absolute atomic E-state index is 0.00270. The Hall–Kier alpha value is -1.72. The fraction of sp³-hybridized carbons (Fsp3) is 0.650. The van der Waals surface area contributed by atoms with Gasteiger partial charge < -0.3 is 30.0 Å². The Morgan fingerprint density at radius 2 is 2.07 bits per heavy atom. The molecule has 1 aromatic carbocycles. The van der Waals surface area contributed by atoms with Gasteiger partial charge in [-0.1, -0.05) is 18.2 Å². The molecule has 0 radical (unpaired) electrons. The minimum atomic E-state index is -4.42. The SMILES string of the molecule is COCCNC(=O)C[C@@H]1C[C@H]2O[C@H](CNCc3ccccc3C(F)(F)F)[C@@H](O)[C@H]2O1. The minimum Gasteiger partial charge on any atom is -0.388 e. The fourth-order valence-corrected chi connectivity index (χ4v) is 3.88. The Labute approximate surface area is 172 Å². The summed E-state index contributed by atoms with van der Waals surface area (Å²) in [4.78, 5) is 11.9. The average molecular weight is 432 g/mol. The third kappa shape index (κ3) is 5.70. The highest BCUT2D eigenvalue weighted by atomic mass is 19.4. The van der Waals surface area contributed by atoms with Gasteiger partial charge in [-0.2, -0.15) is 13.2 Å². The first-order chi connectivity index (χ1) is 14.3. The molecule has 1 amide bonds. The summed E-state index contributed by atoms with van der Waals surface area (Å²) in [5.74, 6) is -0.159. The molecule has 168 valence electrons. The van der Waals surface area contributed by atoms with E-state index in [9.17, 15) is 23.1 Å². The molecule has 0 bridgehead atoms. The molecule has 2 fully saturated rings. The molecule has 10 heteroatoms. The summed E-state index contributed by atoms with van der Waals surface area (Å²) in [6, 6.07) is 5.36. The number of carbonyl (C=O) groups is 1. The number of hydrogen-bond acceptors (Lipinski definition) is 6. The summed E-state index contributed by atoms with van der Waals surface area (Å²) in [5, 5.41) is 16.1. The maximum Gasteiger partial charge on any atom is 0.416 e. The number of aliphatic hydroxyl groups is 1. The van der Waals surface area contributed by atoms with Gasteiger partial charge in [0.2, 0.25) is 5.91 Å². The Kier molecular flexibility index (Phi) is 7.70. The summed E-state index contributed by atoms with van der Waals surface area (Å²) in [6.45, 7) is 1.03. The molecule has 2 aliphatic rings. The van der Waals surface area contributed by atoms with Crippen LogP contribution in [-0.2, 0) is 31.7 Å². The van der Waals surface area contributed by atoms with Crippen molar-refractivity contribution in [3.63, 3.8) is 0 Å². The van der Waals surface area contributed by atoms with Crippen LogP contribution in [0.5, 0.6) is 0 Å². The average Bonchev–Trinajstić information content (AvgIpc) is 3.20. The lowest BCUT2D eigenvalue weighted by Crippen LogP contribution is -2.39. The van der Waals surface area contributed by atoms with Crippen molar-refractivity contribution >= 4 is 5.91 Å². The molecule has 5 atom stereocenters. The predicted molar refractivity (Wildman–Crippen MR) is 101 cm³/mol. The second-order valence-corrected chi connectivity index (χ2v) is 7.49. The number of ether oxygens (including phenoxy) is 3. The molecular formula is C20H27F3N2O5. The number of amides is 1. The van der Waals surface area contributed by atoms with Crippen LogP contribution >= 0.6 is 0 Å². The van der Waals surface area contributed by atoms with Crippen LogP contribution in [0.2, 0.25) is 0 Å². The van der Waals surface area contributed by atoms with E-state index < -0.39 is 30.1 Å². The molecule has 30 heavy (non-hydrogen) atoms. The van der Waals surface area contributed by atoms with Gasteiger partial charge in [-0.3, -0.25) is 4.79 Å². The van der Waals surface area contributed by atoms with Gasteiger partial charge in [-0.25, -0.2) is 0 Å². The number of halogens is 3. The topological polar surface area (TPSA) is 89.1 Å². The second kappa shape index (κ2) is 10.1. The third-order valence-corrected chi connectivity index (χ3v) is 5.30. The third-order valence-electron chi connectivity index (χ3n) is 5.30. The van der Waals surface area contributed by atoms with Crippen LogP contribution < -0.4 is 10.6 Å². The summed E-state index contributed by atoms with van der Waals surface area (Å²) >= 11 is 0. The number of alkyl halides is 3. The van der Waals surface area contributed by atoms with Gasteiger partial charge in [0, 0.05) is 33.2 Å². The molecule has 2 aliphatic heterocycles. The van der Waals surface area contributed by atoms with Crippen molar-refractivity contribution in [1.29, 1.82) is 0 Å². The molecule has 1 aromatic rings. The van der Waals surface area contributed by atoms with Crippen molar-refractivity contribution in [2.24, 2.45) is 0 Å². The van der Waals surface area contributed by atoms with Crippen molar-refractivity contribution in [2.45, 2.75) is 56.1 Å². The zero-order valence-electron chi connectivity index (χ0n) is 16.7. The Morgan fingerprint density at radius 1 is 1.30 bits per heavy atom. The number of nitrogens with one attached hydrogen (secondary N) is 2. The van der Waals surface area contributed by atoms with E-state index in [2.05, 4.69) is 10.6 Å². The van der Waals surface area contributed by atoms with Crippen LogP contribution in [0.4, 0.5) is 13.2 Å². The highest BCUT2D eigenvalue weighted by molar-refractivity contribution is 5.76. The highest BCUT2D eigenvalue weighted by Crippen LogP contribution is 2.35. The molecule has 2 heterocycles. The lowest BCUT2D eigenvalue weighted by atomic mass is 10.1. The van der Waals surface area contributed by atoms with Crippen LogP contribution in [0.3, 0.4) is 0 Å². The summed E-state index contributed by atoms with van der Waals surface area (Å²) < 4.78 is 55.7. The highest BCUT2D eigenvalue weighted by Gasteiger charge is 2.50. The monoisotopic (exact) mass is 432 g/mol. The van der Waals surface area contributed by atoms with E-state index in [4.69, 9.17) is 14.2 Å². The molecule has 7 nitrogen and oxygen atoms in total. The largest absolute Gasteiger partial charge is 0.416 e. The van der Waals surface area contributed by atoms with Gasteiger partial charge in [0.1, 0.15) is 12.2 Å². The Bertz CT molecular complexity index is 718. The maximum atomic E-state index is 13.1.